The second-order valence-corrected chi connectivity index (χ2v) is 4.46. The molecule has 0 fully saturated rings. The molecule has 0 radical (unpaired) electrons. The van der Waals surface area contributed by atoms with E-state index in [1.165, 1.54) is 11.8 Å². The van der Waals surface area contributed by atoms with E-state index < -0.39 is 0 Å². The zero-order chi connectivity index (χ0) is 13.1. The van der Waals surface area contributed by atoms with E-state index in [-0.39, 0.29) is 0 Å². The van der Waals surface area contributed by atoms with Crippen molar-refractivity contribution in [3.05, 3.63) is 71.9 Å². The fourth-order valence-corrected chi connectivity index (χ4v) is 2.35. The molecule has 3 rings (SSSR count). The van der Waals surface area contributed by atoms with E-state index in [9.17, 15) is 0 Å². The van der Waals surface area contributed by atoms with Crippen molar-refractivity contribution in [2.24, 2.45) is 5.16 Å². The third-order valence-electron chi connectivity index (χ3n) is 3.21. The van der Waals surface area contributed by atoms with Gasteiger partial charge in [0.2, 0.25) is 0 Å². The molecule has 0 saturated carbocycles. The van der Waals surface area contributed by atoms with Crippen LogP contribution >= 0.6 is 0 Å². The molecule has 1 heterocycles. The molecule has 3 nitrogen and oxygen atoms in total. The number of rotatable bonds is 3. The molecular formula is C16H14N2O. The van der Waals surface area contributed by atoms with Gasteiger partial charge in [0.15, 0.2) is 0 Å². The van der Waals surface area contributed by atoms with Gasteiger partial charge < -0.3 is 9.77 Å². The predicted molar refractivity (Wildman–Crippen MR) is 76.9 cm³/mol. The van der Waals surface area contributed by atoms with Gasteiger partial charge in [-0.3, -0.25) is 0 Å². The third kappa shape index (κ3) is 2.22. The van der Waals surface area contributed by atoms with Crippen LogP contribution in [-0.2, 0) is 6.54 Å². The van der Waals surface area contributed by atoms with Gasteiger partial charge in [-0.15, -0.1) is 0 Å². The molecule has 0 amide bonds. The van der Waals surface area contributed by atoms with Crippen molar-refractivity contribution in [3.8, 4) is 0 Å². The number of benzene rings is 2. The Hall–Kier alpha value is -2.55. The maximum Gasteiger partial charge on any atom is 0.0755 e. The Kier molecular flexibility index (Phi) is 3.02. The van der Waals surface area contributed by atoms with Crippen molar-refractivity contribution in [1.82, 2.24) is 4.57 Å². The highest BCUT2D eigenvalue weighted by Gasteiger charge is 2.06. The summed E-state index contributed by atoms with van der Waals surface area (Å²) in [4.78, 5) is 0. The number of para-hydroxylation sites is 1. The van der Waals surface area contributed by atoms with E-state index in [0.29, 0.717) is 0 Å². The van der Waals surface area contributed by atoms with Crippen molar-refractivity contribution < 1.29 is 5.21 Å². The molecule has 0 unspecified atom stereocenters. The van der Waals surface area contributed by atoms with Crippen LogP contribution < -0.4 is 0 Å². The second kappa shape index (κ2) is 4.98. The van der Waals surface area contributed by atoms with Crippen molar-refractivity contribution in [2.45, 2.75) is 6.54 Å². The first-order valence-electron chi connectivity index (χ1n) is 6.18. The molecule has 19 heavy (non-hydrogen) atoms. The topological polar surface area (TPSA) is 37.5 Å². The van der Waals surface area contributed by atoms with Gasteiger partial charge >= 0.3 is 0 Å². The van der Waals surface area contributed by atoms with Crippen molar-refractivity contribution in [2.75, 3.05) is 0 Å². The molecule has 0 spiro atoms. The van der Waals surface area contributed by atoms with Gasteiger partial charge in [0.1, 0.15) is 0 Å². The Morgan fingerprint density at radius 2 is 1.74 bits per heavy atom. The molecular weight excluding hydrogens is 236 g/mol. The molecule has 1 aromatic heterocycles. The summed E-state index contributed by atoms with van der Waals surface area (Å²) in [6.45, 7) is 0.806. The highest BCUT2D eigenvalue weighted by atomic mass is 16.4. The average molecular weight is 250 g/mol. The Balaban J connectivity index is 2.09. The van der Waals surface area contributed by atoms with Gasteiger partial charge in [-0.1, -0.05) is 53.7 Å². The SMILES string of the molecule is O/N=C/c1cn(Cc2ccccc2)c2ccccc12. The lowest BCUT2D eigenvalue weighted by Gasteiger charge is -2.05. The quantitative estimate of drug-likeness (QED) is 0.431. The highest BCUT2D eigenvalue weighted by Crippen LogP contribution is 2.21. The standard InChI is InChI=1S/C16H14N2O/c19-17-10-14-12-18(11-13-6-2-1-3-7-13)16-9-5-4-8-15(14)16/h1-10,12,19H,11H2/b17-10+. The molecule has 94 valence electrons. The zero-order valence-electron chi connectivity index (χ0n) is 10.4. The van der Waals surface area contributed by atoms with Crippen LogP contribution in [0.1, 0.15) is 11.1 Å². The smallest absolute Gasteiger partial charge is 0.0755 e. The van der Waals surface area contributed by atoms with Gasteiger partial charge in [-0.05, 0) is 11.6 Å². The lowest BCUT2D eigenvalue weighted by atomic mass is 10.2. The molecule has 0 aliphatic carbocycles. The zero-order valence-corrected chi connectivity index (χ0v) is 10.4. The fraction of sp³-hybridized carbons (Fsp3) is 0.0625. The second-order valence-electron chi connectivity index (χ2n) is 4.46. The Morgan fingerprint density at radius 3 is 2.53 bits per heavy atom. The molecule has 3 heteroatoms. The Labute approximate surface area is 111 Å². The first-order valence-corrected chi connectivity index (χ1v) is 6.18. The number of fused-ring (bicyclic) bond motifs is 1. The van der Waals surface area contributed by atoms with Gasteiger partial charge in [0.05, 0.1) is 6.21 Å². The van der Waals surface area contributed by atoms with Crippen LogP contribution in [0.15, 0.2) is 65.9 Å². The minimum absolute atomic E-state index is 0.806. The van der Waals surface area contributed by atoms with Gasteiger partial charge in [-0.2, -0.15) is 0 Å². The summed E-state index contributed by atoms with van der Waals surface area (Å²) in [5, 5.41) is 13.0. The summed E-state index contributed by atoms with van der Waals surface area (Å²) in [7, 11) is 0. The molecule has 2 aromatic carbocycles. The van der Waals surface area contributed by atoms with E-state index in [0.717, 1.165) is 23.0 Å². The number of hydrogen-bond acceptors (Lipinski definition) is 2. The minimum atomic E-state index is 0.806. The van der Waals surface area contributed by atoms with E-state index >= 15 is 0 Å². The third-order valence-corrected chi connectivity index (χ3v) is 3.21. The van der Waals surface area contributed by atoms with Crippen LogP contribution in [0.2, 0.25) is 0 Å². The summed E-state index contributed by atoms with van der Waals surface area (Å²) < 4.78 is 2.17. The molecule has 0 bridgehead atoms. The van der Waals surface area contributed by atoms with Gasteiger partial charge in [-0.25, -0.2) is 0 Å². The summed E-state index contributed by atoms with van der Waals surface area (Å²) in [6.07, 6.45) is 3.49. The number of aromatic nitrogens is 1. The molecule has 0 saturated heterocycles. The normalized spacial score (nSPS) is 11.4. The average Bonchev–Trinajstić information content (AvgIpc) is 2.79. The van der Waals surface area contributed by atoms with E-state index in [4.69, 9.17) is 5.21 Å². The molecule has 0 aliphatic heterocycles. The van der Waals surface area contributed by atoms with E-state index in [2.05, 4.69) is 27.9 Å². The number of oxime groups is 1. The van der Waals surface area contributed by atoms with Gasteiger partial charge in [0.25, 0.3) is 0 Å². The maximum absolute atomic E-state index is 8.74. The van der Waals surface area contributed by atoms with E-state index in [1.54, 1.807) is 0 Å². The van der Waals surface area contributed by atoms with Gasteiger partial charge in [0, 0.05) is 29.2 Å². The van der Waals surface area contributed by atoms with Crippen LogP contribution in [0.4, 0.5) is 0 Å². The fourth-order valence-electron chi connectivity index (χ4n) is 2.35. The predicted octanol–water partition coefficient (Wildman–Crippen LogP) is 3.50. The monoisotopic (exact) mass is 250 g/mol. The summed E-state index contributed by atoms with van der Waals surface area (Å²) >= 11 is 0. The minimum Gasteiger partial charge on any atom is -0.411 e. The Morgan fingerprint density at radius 1 is 1.00 bits per heavy atom. The number of hydrogen-bond donors (Lipinski definition) is 1. The Bertz CT molecular complexity index is 714. The first-order chi connectivity index (χ1) is 9.38. The summed E-state index contributed by atoms with van der Waals surface area (Å²) in [6, 6.07) is 18.4. The molecule has 3 aromatic rings. The van der Waals surface area contributed by atoms with Crippen LogP contribution in [0.25, 0.3) is 10.9 Å². The highest BCUT2D eigenvalue weighted by molar-refractivity contribution is 5.99. The summed E-state index contributed by atoms with van der Waals surface area (Å²) in [5.74, 6) is 0. The van der Waals surface area contributed by atoms with Crippen molar-refractivity contribution in [1.29, 1.82) is 0 Å². The van der Waals surface area contributed by atoms with Crippen molar-refractivity contribution >= 4 is 17.1 Å². The van der Waals surface area contributed by atoms with Crippen molar-refractivity contribution in [3.63, 3.8) is 0 Å². The van der Waals surface area contributed by atoms with E-state index in [1.807, 2.05) is 42.6 Å². The first kappa shape index (κ1) is 11.5. The van der Waals surface area contributed by atoms with Crippen LogP contribution in [0, 0.1) is 0 Å². The van der Waals surface area contributed by atoms with Crippen LogP contribution in [0.5, 0.6) is 0 Å². The van der Waals surface area contributed by atoms with Crippen LogP contribution in [-0.4, -0.2) is 16.0 Å². The summed E-state index contributed by atoms with van der Waals surface area (Å²) in [5.41, 5.74) is 3.31. The molecule has 0 atom stereocenters. The lowest BCUT2D eigenvalue weighted by molar-refractivity contribution is 0.322. The molecule has 1 N–H and O–H groups in total. The lowest BCUT2D eigenvalue weighted by Crippen LogP contribution is -1.97. The van der Waals surface area contributed by atoms with Crippen LogP contribution in [0.3, 0.4) is 0 Å². The molecule has 0 aliphatic rings. The largest absolute Gasteiger partial charge is 0.411 e. The maximum atomic E-state index is 8.74. The number of nitrogens with zero attached hydrogens (tertiary/aromatic N) is 2.